The van der Waals surface area contributed by atoms with Gasteiger partial charge in [-0.25, -0.2) is 13.1 Å². The first-order chi connectivity index (χ1) is 7.06. The van der Waals surface area contributed by atoms with E-state index in [1.807, 2.05) is 6.92 Å². The highest BCUT2D eigenvalue weighted by atomic mass is 35.5. The van der Waals surface area contributed by atoms with Gasteiger partial charge in [0.15, 0.2) is 0 Å². The summed E-state index contributed by atoms with van der Waals surface area (Å²) in [6.07, 6.45) is 1.80. The lowest BCUT2D eigenvalue weighted by molar-refractivity contribution is 0.578. The maximum Gasteiger partial charge on any atom is 0.240 e. The van der Waals surface area contributed by atoms with E-state index in [9.17, 15) is 8.42 Å². The first-order valence-corrected chi connectivity index (χ1v) is 6.67. The Hall–Kier alpha value is -0.580. The summed E-state index contributed by atoms with van der Waals surface area (Å²) in [6.45, 7) is 2.48. The minimum Gasteiger partial charge on any atom is -0.211 e. The average molecular weight is 248 g/mol. The Bertz CT molecular complexity index is 400. The van der Waals surface area contributed by atoms with Crippen LogP contribution in [-0.4, -0.2) is 15.0 Å². The third-order valence-corrected chi connectivity index (χ3v) is 3.68. The van der Waals surface area contributed by atoms with Crippen molar-refractivity contribution in [2.75, 3.05) is 6.54 Å². The summed E-state index contributed by atoms with van der Waals surface area (Å²) in [5, 5.41) is 0.530. The van der Waals surface area contributed by atoms with Crippen molar-refractivity contribution in [3.63, 3.8) is 0 Å². The molecule has 1 rings (SSSR count). The first-order valence-electron chi connectivity index (χ1n) is 4.81. The van der Waals surface area contributed by atoms with Gasteiger partial charge in [-0.1, -0.05) is 24.9 Å². The molecule has 0 aliphatic carbocycles. The van der Waals surface area contributed by atoms with E-state index in [1.54, 1.807) is 12.1 Å². The van der Waals surface area contributed by atoms with Gasteiger partial charge in [-0.3, -0.25) is 0 Å². The first kappa shape index (κ1) is 12.5. The molecule has 0 bridgehead atoms. The Labute approximate surface area is 95.5 Å². The van der Waals surface area contributed by atoms with Crippen molar-refractivity contribution in [1.29, 1.82) is 0 Å². The molecule has 0 radical (unpaired) electrons. The van der Waals surface area contributed by atoms with E-state index < -0.39 is 10.0 Å². The van der Waals surface area contributed by atoms with Crippen molar-refractivity contribution < 1.29 is 8.42 Å². The molecule has 0 aliphatic heterocycles. The lowest BCUT2D eigenvalue weighted by atomic mass is 10.3. The van der Waals surface area contributed by atoms with Gasteiger partial charge in [-0.2, -0.15) is 0 Å². The van der Waals surface area contributed by atoms with E-state index in [0.29, 0.717) is 11.6 Å². The van der Waals surface area contributed by atoms with Crippen LogP contribution in [-0.2, 0) is 10.0 Å². The summed E-state index contributed by atoms with van der Waals surface area (Å²) in [6, 6.07) is 6.12. The minimum absolute atomic E-state index is 0.253. The molecule has 3 nitrogen and oxygen atoms in total. The normalized spacial score (nSPS) is 11.6. The fourth-order valence-corrected chi connectivity index (χ4v) is 2.28. The van der Waals surface area contributed by atoms with Gasteiger partial charge in [0.2, 0.25) is 10.0 Å². The number of benzene rings is 1. The van der Waals surface area contributed by atoms with Crippen LogP contribution >= 0.6 is 11.6 Å². The zero-order chi connectivity index (χ0) is 11.3. The van der Waals surface area contributed by atoms with Crippen LogP contribution in [0.1, 0.15) is 19.8 Å². The van der Waals surface area contributed by atoms with Crippen molar-refractivity contribution in [2.45, 2.75) is 24.7 Å². The molecule has 0 saturated carbocycles. The standard InChI is InChI=1S/C10H14ClNO2S/c1-2-3-8-12-15(13,14)10-6-4-9(11)5-7-10/h4-7,12H,2-3,8H2,1H3. The van der Waals surface area contributed by atoms with E-state index in [2.05, 4.69) is 4.72 Å². The van der Waals surface area contributed by atoms with Gasteiger partial charge < -0.3 is 0 Å². The fourth-order valence-electron chi connectivity index (χ4n) is 1.08. The molecule has 5 heteroatoms. The summed E-state index contributed by atoms with van der Waals surface area (Å²) < 4.78 is 25.9. The molecule has 0 aromatic heterocycles. The molecule has 0 aliphatic rings. The SMILES string of the molecule is CCCCNS(=O)(=O)c1ccc(Cl)cc1. The number of unbranched alkanes of at least 4 members (excludes halogenated alkanes) is 1. The Kier molecular flexibility index (Phi) is 4.57. The van der Waals surface area contributed by atoms with Crippen LogP contribution in [0, 0.1) is 0 Å². The van der Waals surface area contributed by atoms with Crippen LogP contribution in [0.3, 0.4) is 0 Å². The van der Waals surface area contributed by atoms with Gasteiger partial charge in [0.05, 0.1) is 4.90 Å². The van der Waals surface area contributed by atoms with Gasteiger partial charge in [0.25, 0.3) is 0 Å². The molecule has 0 amide bonds. The average Bonchev–Trinajstić information content (AvgIpc) is 2.18. The molecule has 1 N–H and O–H groups in total. The molecule has 15 heavy (non-hydrogen) atoms. The maximum absolute atomic E-state index is 11.7. The summed E-state index contributed by atoms with van der Waals surface area (Å²) in [5.41, 5.74) is 0. The number of hydrogen-bond acceptors (Lipinski definition) is 2. The number of rotatable bonds is 5. The molecule has 0 heterocycles. The summed E-state index contributed by atoms with van der Waals surface area (Å²) >= 11 is 5.67. The second kappa shape index (κ2) is 5.49. The van der Waals surface area contributed by atoms with E-state index in [0.717, 1.165) is 12.8 Å². The quantitative estimate of drug-likeness (QED) is 0.813. The molecule has 84 valence electrons. The highest BCUT2D eigenvalue weighted by Crippen LogP contribution is 2.13. The van der Waals surface area contributed by atoms with Crippen molar-refractivity contribution in [3.05, 3.63) is 29.3 Å². The number of nitrogens with one attached hydrogen (secondary N) is 1. The van der Waals surface area contributed by atoms with Crippen LogP contribution < -0.4 is 4.72 Å². The van der Waals surface area contributed by atoms with Crippen molar-refractivity contribution in [3.8, 4) is 0 Å². The molecule has 0 spiro atoms. The zero-order valence-electron chi connectivity index (χ0n) is 8.53. The highest BCUT2D eigenvalue weighted by molar-refractivity contribution is 7.89. The molecule has 0 fully saturated rings. The lowest BCUT2D eigenvalue weighted by Gasteiger charge is -2.05. The fraction of sp³-hybridized carbons (Fsp3) is 0.400. The molecule has 0 atom stereocenters. The summed E-state index contributed by atoms with van der Waals surface area (Å²) in [5.74, 6) is 0. The molecule has 1 aromatic carbocycles. The van der Waals surface area contributed by atoms with Gasteiger partial charge in [0, 0.05) is 11.6 Å². The van der Waals surface area contributed by atoms with Gasteiger partial charge >= 0.3 is 0 Å². The topological polar surface area (TPSA) is 46.2 Å². The summed E-state index contributed by atoms with van der Waals surface area (Å²) in [7, 11) is -3.36. The van der Waals surface area contributed by atoms with Crippen LogP contribution in [0.25, 0.3) is 0 Å². The van der Waals surface area contributed by atoms with Crippen molar-refractivity contribution in [1.82, 2.24) is 4.72 Å². The predicted molar refractivity (Wildman–Crippen MR) is 61.5 cm³/mol. The van der Waals surface area contributed by atoms with Crippen molar-refractivity contribution in [2.24, 2.45) is 0 Å². The van der Waals surface area contributed by atoms with Gasteiger partial charge in [0.1, 0.15) is 0 Å². The Morgan fingerprint density at radius 3 is 2.40 bits per heavy atom. The molecular weight excluding hydrogens is 234 g/mol. The van der Waals surface area contributed by atoms with Crippen LogP contribution in [0.5, 0.6) is 0 Å². The molecule has 1 aromatic rings. The van der Waals surface area contributed by atoms with E-state index >= 15 is 0 Å². The van der Waals surface area contributed by atoms with Crippen molar-refractivity contribution >= 4 is 21.6 Å². The second-order valence-electron chi connectivity index (χ2n) is 3.21. The maximum atomic E-state index is 11.7. The monoisotopic (exact) mass is 247 g/mol. The third-order valence-electron chi connectivity index (χ3n) is 1.95. The highest BCUT2D eigenvalue weighted by Gasteiger charge is 2.12. The smallest absolute Gasteiger partial charge is 0.211 e. The van der Waals surface area contributed by atoms with E-state index in [4.69, 9.17) is 11.6 Å². The number of halogens is 1. The van der Waals surface area contributed by atoms with Crippen LogP contribution in [0.4, 0.5) is 0 Å². The molecule has 0 unspecified atom stereocenters. The molecular formula is C10H14ClNO2S. The Morgan fingerprint density at radius 2 is 1.87 bits per heavy atom. The van der Waals surface area contributed by atoms with Crippen LogP contribution in [0.15, 0.2) is 29.2 Å². The third kappa shape index (κ3) is 3.81. The largest absolute Gasteiger partial charge is 0.240 e. The molecule has 0 saturated heterocycles. The van der Waals surface area contributed by atoms with Gasteiger partial charge in [-0.15, -0.1) is 0 Å². The lowest BCUT2D eigenvalue weighted by Crippen LogP contribution is -2.24. The number of hydrogen-bond donors (Lipinski definition) is 1. The second-order valence-corrected chi connectivity index (χ2v) is 5.41. The van der Waals surface area contributed by atoms with E-state index in [1.165, 1.54) is 12.1 Å². The summed E-state index contributed by atoms with van der Waals surface area (Å²) in [4.78, 5) is 0.253. The van der Waals surface area contributed by atoms with E-state index in [-0.39, 0.29) is 4.90 Å². The minimum atomic E-state index is -3.36. The van der Waals surface area contributed by atoms with Gasteiger partial charge in [-0.05, 0) is 30.7 Å². The Morgan fingerprint density at radius 1 is 1.27 bits per heavy atom. The number of sulfonamides is 1. The van der Waals surface area contributed by atoms with Crippen LogP contribution in [0.2, 0.25) is 5.02 Å². The zero-order valence-corrected chi connectivity index (χ0v) is 10.1. The predicted octanol–water partition coefficient (Wildman–Crippen LogP) is 2.42. The Balaban J connectivity index is 2.73.